The van der Waals surface area contributed by atoms with E-state index in [0.29, 0.717) is 11.8 Å². The van der Waals surface area contributed by atoms with Gasteiger partial charge in [-0.2, -0.15) is 0 Å². The summed E-state index contributed by atoms with van der Waals surface area (Å²) in [4.78, 5) is 8.76. The van der Waals surface area contributed by atoms with Crippen molar-refractivity contribution in [2.75, 3.05) is 6.61 Å². The molecule has 0 fully saturated rings. The molecule has 0 saturated heterocycles. The summed E-state index contributed by atoms with van der Waals surface area (Å²) in [6.45, 7) is 11.5. The predicted molar refractivity (Wildman–Crippen MR) is 91.1 cm³/mol. The quantitative estimate of drug-likeness (QED) is 0.766. The van der Waals surface area contributed by atoms with Crippen LogP contribution in [0, 0.1) is 25.7 Å². The molecule has 3 heteroatoms. The molecule has 3 nitrogen and oxygen atoms in total. The van der Waals surface area contributed by atoms with Crippen molar-refractivity contribution in [3.8, 4) is 17.0 Å². The second-order valence-electron chi connectivity index (χ2n) is 6.57. The van der Waals surface area contributed by atoms with Crippen LogP contribution in [0.5, 0.6) is 5.75 Å². The topological polar surface area (TPSA) is 35.0 Å². The lowest BCUT2D eigenvalue weighted by Gasteiger charge is -2.16. The number of aromatic nitrogens is 2. The van der Waals surface area contributed by atoms with E-state index < -0.39 is 0 Å². The van der Waals surface area contributed by atoms with Gasteiger partial charge in [-0.05, 0) is 55.9 Å². The first kappa shape index (κ1) is 16.5. The van der Waals surface area contributed by atoms with E-state index in [9.17, 15) is 0 Å². The molecular formula is C19H26N2O. The van der Waals surface area contributed by atoms with E-state index in [2.05, 4.69) is 43.7 Å². The zero-order valence-electron chi connectivity index (χ0n) is 14.3. The molecule has 0 spiro atoms. The maximum Gasteiger partial charge on any atom is 0.140 e. The maximum atomic E-state index is 5.94. The minimum atomic E-state index is 0.557. The Kier molecular flexibility index (Phi) is 5.53. The number of rotatable bonds is 6. The van der Waals surface area contributed by atoms with Gasteiger partial charge in [0.05, 0.1) is 18.5 Å². The minimum absolute atomic E-state index is 0.557. The molecule has 22 heavy (non-hydrogen) atoms. The number of ether oxygens (including phenoxy) is 1. The average Bonchev–Trinajstić information content (AvgIpc) is 2.45. The predicted octanol–water partition coefficient (Wildman–Crippen LogP) is 4.82. The van der Waals surface area contributed by atoms with E-state index in [1.54, 1.807) is 0 Å². The first-order valence-electron chi connectivity index (χ1n) is 7.98. The standard InChI is InChI=1S/C19H26N2O/c1-13(2)8-14(3)12-22-19-11-21-18(9-15(19)4)17-6-7-20-16(5)10-17/h6-7,9-11,13-14H,8,12H2,1-5H3/t14-/m0/s1. The SMILES string of the molecule is Cc1cc(-c2cc(C)c(OC[C@@H](C)CC(C)C)cn2)ccn1. The number of nitrogens with zero attached hydrogens (tertiary/aromatic N) is 2. The highest BCUT2D eigenvalue weighted by molar-refractivity contribution is 5.60. The smallest absolute Gasteiger partial charge is 0.140 e. The lowest BCUT2D eigenvalue weighted by atomic mass is 10.00. The highest BCUT2D eigenvalue weighted by Gasteiger charge is 2.09. The monoisotopic (exact) mass is 298 g/mol. The molecule has 0 amide bonds. The molecule has 118 valence electrons. The van der Waals surface area contributed by atoms with Crippen LogP contribution in [0.2, 0.25) is 0 Å². The van der Waals surface area contributed by atoms with Crippen molar-refractivity contribution in [3.05, 3.63) is 41.9 Å². The fraction of sp³-hybridized carbons (Fsp3) is 0.474. The minimum Gasteiger partial charge on any atom is -0.491 e. The molecule has 1 atom stereocenters. The molecule has 0 N–H and O–H groups in total. The fourth-order valence-electron chi connectivity index (χ4n) is 2.66. The Morgan fingerprint density at radius 3 is 2.50 bits per heavy atom. The van der Waals surface area contributed by atoms with Gasteiger partial charge in [-0.3, -0.25) is 9.97 Å². The Hall–Kier alpha value is -1.90. The van der Waals surface area contributed by atoms with Gasteiger partial charge in [-0.25, -0.2) is 0 Å². The van der Waals surface area contributed by atoms with Gasteiger partial charge in [-0.1, -0.05) is 20.8 Å². The normalized spacial score (nSPS) is 12.5. The second-order valence-corrected chi connectivity index (χ2v) is 6.57. The molecule has 0 radical (unpaired) electrons. The van der Waals surface area contributed by atoms with Gasteiger partial charge in [0.25, 0.3) is 0 Å². The summed E-state index contributed by atoms with van der Waals surface area (Å²) in [5.41, 5.74) is 4.18. The van der Waals surface area contributed by atoms with Crippen LogP contribution in [0.1, 0.15) is 38.4 Å². The Morgan fingerprint density at radius 1 is 1.09 bits per heavy atom. The third-order valence-corrected chi connectivity index (χ3v) is 3.65. The zero-order valence-corrected chi connectivity index (χ0v) is 14.3. The van der Waals surface area contributed by atoms with Crippen LogP contribution in [0.15, 0.2) is 30.6 Å². The van der Waals surface area contributed by atoms with Crippen molar-refractivity contribution < 1.29 is 4.74 Å². The summed E-state index contributed by atoms with van der Waals surface area (Å²) in [6, 6.07) is 6.12. The van der Waals surface area contributed by atoms with Crippen molar-refractivity contribution in [2.24, 2.45) is 11.8 Å². The largest absolute Gasteiger partial charge is 0.491 e. The Morgan fingerprint density at radius 2 is 1.86 bits per heavy atom. The second kappa shape index (κ2) is 7.39. The molecular weight excluding hydrogens is 272 g/mol. The summed E-state index contributed by atoms with van der Waals surface area (Å²) in [7, 11) is 0. The Labute approximate surface area is 133 Å². The molecule has 0 aliphatic carbocycles. The number of hydrogen-bond acceptors (Lipinski definition) is 3. The molecule has 2 aromatic rings. The molecule has 0 unspecified atom stereocenters. The van der Waals surface area contributed by atoms with Gasteiger partial charge in [-0.15, -0.1) is 0 Å². The molecule has 0 aliphatic heterocycles. The first-order valence-corrected chi connectivity index (χ1v) is 7.98. The molecule has 0 aliphatic rings. The summed E-state index contributed by atoms with van der Waals surface area (Å²) in [6.07, 6.45) is 4.84. The average molecular weight is 298 g/mol. The summed E-state index contributed by atoms with van der Waals surface area (Å²) in [5, 5.41) is 0. The lowest BCUT2D eigenvalue weighted by molar-refractivity contribution is 0.237. The van der Waals surface area contributed by atoms with Gasteiger partial charge in [0.2, 0.25) is 0 Å². The third kappa shape index (κ3) is 4.55. The van der Waals surface area contributed by atoms with Crippen LogP contribution < -0.4 is 4.74 Å². The lowest BCUT2D eigenvalue weighted by Crippen LogP contribution is -2.11. The molecule has 2 heterocycles. The van der Waals surface area contributed by atoms with Crippen molar-refractivity contribution in [1.29, 1.82) is 0 Å². The van der Waals surface area contributed by atoms with Gasteiger partial charge in [0.15, 0.2) is 0 Å². The number of pyridine rings is 2. The number of hydrogen-bond donors (Lipinski definition) is 0. The molecule has 2 rings (SSSR count). The van der Waals surface area contributed by atoms with Crippen LogP contribution in [-0.4, -0.2) is 16.6 Å². The van der Waals surface area contributed by atoms with E-state index >= 15 is 0 Å². The van der Waals surface area contributed by atoms with Gasteiger partial charge in [0, 0.05) is 17.5 Å². The van der Waals surface area contributed by atoms with Gasteiger partial charge in [0.1, 0.15) is 5.75 Å². The van der Waals surface area contributed by atoms with E-state index in [-0.39, 0.29) is 0 Å². The van der Waals surface area contributed by atoms with E-state index in [4.69, 9.17) is 4.74 Å². The summed E-state index contributed by atoms with van der Waals surface area (Å²) in [5.74, 6) is 2.14. The number of aryl methyl sites for hydroxylation is 2. The van der Waals surface area contributed by atoms with Crippen molar-refractivity contribution in [3.63, 3.8) is 0 Å². The highest BCUT2D eigenvalue weighted by Crippen LogP contribution is 2.24. The van der Waals surface area contributed by atoms with Gasteiger partial charge < -0.3 is 4.74 Å². The van der Waals surface area contributed by atoms with Crippen LogP contribution in [0.3, 0.4) is 0 Å². The summed E-state index contributed by atoms with van der Waals surface area (Å²) < 4.78 is 5.94. The first-order chi connectivity index (χ1) is 10.5. The molecule has 2 aromatic heterocycles. The maximum absolute atomic E-state index is 5.94. The Bertz CT molecular complexity index is 623. The van der Waals surface area contributed by atoms with Gasteiger partial charge >= 0.3 is 0 Å². The molecule has 0 aromatic carbocycles. The molecule has 0 saturated carbocycles. The highest BCUT2D eigenvalue weighted by atomic mass is 16.5. The third-order valence-electron chi connectivity index (χ3n) is 3.65. The van der Waals surface area contributed by atoms with E-state index in [1.165, 1.54) is 6.42 Å². The zero-order chi connectivity index (χ0) is 16.1. The van der Waals surface area contributed by atoms with Crippen LogP contribution in [0.4, 0.5) is 0 Å². The van der Waals surface area contributed by atoms with Crippen molar-refractivity contribution in [1.82, 2.24) is 9.97 Å². The van der Waals surface area contributed by atoms with Crippen LogP contribution in [0.25, 0.3) is 11.3 Å². The Balaban J connectivity index is 2.07. The van der Waals surface area contributed by atoms with Crippen molar-refractivity contribution in [2.45, 2.75) is 41.0 Å². The van der Waals surface area contributed by atoms with E-state index in [0.717, 1.165) is 34.9 Å². The fourth-order valence-corrected chi connectivity index (χ4v) is 2.66. The molecule has 0 bridgehead atoms. The van der Waals surface area contributed by atoms with E-state index in [1.807, 2.05) is 31.5 Å². The van der Waals surface area contributed by atoms with Crippen molar-refractivity contribution >= 4 is 0 Å². The van der Waals surface area contributed by atoms with Crippen LogP contribution in [-0.2, 0) is 0 Å². The van der Waals surface area contributed by atoms with Crippen LogP contribution >= 0.6 is 0 Å². The summed E-state index contributed by atoms with van der Waals surface area (Å²) >= 11 is 0.